The molecule has 2 atom stereocenters. The number of ether oxygens (including phenoxy) is 1. The normalized spacial score (nSPS) is 17.6. The van der Waals surface area contributed by atoms with Gasteiger partial charge in [0, 0.05) is 4.88 Å². The number of amides is 2. The highest BCUT2D eigenvalue weighted by Gasteiger charge is 2.30. The Bertz CT molecular complexity index is 728. The monoisotopic (exact) mass is 344 g/mol. The summed E-state index contributed by atoms with van der Waals surface area (Å²) in [6.45, 7) is 4.12. The van der Waals surface area contributed by atoms with E-state index >= 15 is 0 Å². The van der Waals surface area contributed by atoms with Gasteiger partial charge in [-0.1, -0.05) is 32.0 Å². The Morgan fingerprint density at radius 3 is 2.79 bits per heavy atom. The molecule has 24 heavy (non-hydrogen) atoms. The number of rotatable bonds is 5. The van der Waals surface area contributed by atoms with Crippen LogP contribution in [0.1, 0.15) is 31.2 Å². The van der Waals surface area contributed by atoms with E-state index in [-0.39, 0.29) is 30.2 Å². The summed E-state index contributed by atoms with van der Waals surface area (Å²) in [7, 11) is 0. The van der Waals surface area contributed by atoms with E-state index in [4.69, 9.17) is 4.74 Å². The summed E-state index contributed by atoms with van der Waals surface area (Å²) >= 11 is 1.61. The maximum absolute atomic E-state index is 12.4. The van der Waals surface area contributed by atoms with Crippen LogP contribution in [0.3, 0.4) is 0 Å². The van der Waals surface area contributed by atoms with Crippen molar-refractivity contribution in [2.45, 2.75) is 32.4 Å². The highest BCUT2D eigenvalue weighted by atomic mass is 32.1. The minimum Gasteiger partial charge on any atom is -0.478 e. The minimum absolute atomic E-state index is 0.00520. The third-order valence-electron chi connectivity index (χ3n) is 3.91. The largest absolute Gasteiger partial charge is 0.478 e. The summed E-state index contributed by atoms with van der Waals surface area (Å²) in [5.41, 5.74) is 0.637. The third-order valence-corrected chi connectivity index (χ3v) is 4.87. The van der Waals surface area contributed by atoms with Crippen molar-refractivity contribution in [2.75, 3.05) is 5.32 Å². The number of anilines is 1. The lowest BCUT2D eigenvalue weighted by Crippen LogP contribution is -2.42. The molecule has 0 saturated heterocycles. The van der Waals surface area contributed by atoms with Crippen molar-refractivity contribution in [3.63, 3.8) is 0 Å². The molecule has 0 radical (unpaired) electrons. The quantitative estimate of drug-likeness (QED) is 0.874. The van der Waals surface area contributed by atoms with Crippen LogP contribution < -0.4 is 15.4 Å². The molecule has 0 unspecified atom stereocenters. The average Bonchev–Trinajstić information content (AvgIpc) is 3.07. The zero-order valence-corrected chi connectivity index (χ0v) is 14.4. The number of para-hydroxylation sites is 2. The van der Waals surface area contributed by atoms with Crippen LogP contribution in [0.15, 0.2) is 41.8 Å². The minimum atomic E-state index is -0.809. The maximum Gasteiger partial charge on any atom is 0.266 e. The Balaban J connectivity index is 1.65. The van der Waals surface area contributed by atoms with E-state index in [1.807, 2.05) is 29.6 Å². The Morgan fingerprint density at radius 1 is 1.29 bits per heavy atom. The lowest BCUT2D eigenvalue weighted by Gasteiger charge is -2.27. The molecule has 2 amide bonds. The van der Waals surface area contributed by atoms with Crippen molar-refractivity contribution < 1.29 is 14.3 Å². The second kappa shape index (κ2) is 7.05. The molecular weight excluding hydrogens is 324 g/mol. The molecule has 0 saturated carbocycles. The summed E-state index contributed by atoms with van der Waals surface area (Å²) < 4.78 is 5.68. The Labute approximate surface area is 145 Å². The predicted octanol–water partition coefficient (Wildman–Crippen LogP) is 3.35. The lowest BCUT2D eigenvalue weighted by atomic mass is 10.0. The molecule has 1 aliphatic rings. The van der Waals surface area contributed by atoms with Crippen molar-refractivity contribution in [3.05, 3.63) is 46.7 Å². The Morgan fingerprint density at radius 2 is 2.08 bits per heavy atom. The van der Waals surface area contributed by atoms with Crippen LogP contribution in [0.5, 0.6) is 5.75 Å². The van der Waals surface area contributed by atoms with E-state index in [0.717, 1.165) is 4.88 Å². The number of hydrogen-bond donors (Lipinski definition) is 2. The molecule has 0 spiro atoms. The van der Waals surface area contributed by atoms with Gasteiger partial charge < -0.3 is 15.4 Å². The van der Waals surface area contributed by atoms with Gasteiger partial charge in [0.15, 0.2) is 6.10 Å². The first-order valence-electron chi connectivity index (χ1n) is 7.94. The van der Waals surface area contributed by atoms with Gasteiger partial charge in [-0.25, -0.2) is 0 Å². The van der Waals surface area contributed by atoms with Gasteiger partial charge in [0.2, 0.25) is 5.91 Å². The van der Waals surface area contributed by atoms with Crippen LogP contribution in [0.25, 0.3) is 0 Å². The number of benzene rings is 1. The molecule has 2 aromatic rings. The van der Waals surface area contributed by atoms with Crippen LogP contribution in [0, 0.1) is 5.92 Å². The molecule has 1 aliphatic heterocycles. The van der Waals surface area contributed by atoms with E-state index < -0.39 is 6.10 Å². The van der Waals surface area contributed by atoms with Crippen LogP contribution >= 0.6 is 11.3 Å². The molecule has 2 N–H and O–H groups in total. The maximum atomic E-state index is 12.4. The molecule has 0 aliphatic carbocycles. The number of carbonyl (C=O) groups excluding carboxylic acids is 2. The van der Waals surface area contributed by atoms with E-state index in [0.29, 0.717) is 11.4 Å². The molecule has 0 bridgehead atoms. The SMILES string of the molecule is CC(C)[C@H](NC(=O)C[C@@H]1Oc2ccccc2NC1=O)c1cccs1. The lowest BCUT2D eigenvalue weighted by molar-refractivity contribution is -0.131. The standard InChI is InChI=1S/C18H20N2O3S/c1-11(2)17(15-8-5-9-24-15)20-16(21)10-14-18(22)19-12-6-3-4-7-13(12)23-14/h3-9,11,14,17H,10H2,1-2H3,(H,19,22)(H,20,21)/t14-,17-/m0/s1. The second-order valence-electron chi connectivity index (χ2n) is 6.10. The summed E-state index contributed by atoms with van der Waals surface area (Å²) in [5, 5.41) is 7.79. The molecule has 0 fully saturated rings. The molecule has 2 heterocycles. The fourth-order valence-electron chi connectivity index (χ4n) is 2.66. The van der Waals surface area contributed by atoms with Crippen LogP contribution in [-0.2, 0) is 9.59 Å². The van der Waals surface area contributed by atoms with E-state index in [1.54, 1.807) is 23.5 Å². The molecule has 5 nitrogen and oxygen atoms in total. The number of hydrogen-bond acceptors (Lipinski definition) is 4. The molecule has 3 rings (SSSR count). The highest BCUT2D eigenvalue weighted by molar-refractivity contribution is 7.10. The average molecular weight is 344 g/mol. The molecule has 1 aromatic carbocycles. The molecular formula is C18H20N2O3S. The van der Waals surface area contributed by atoms with Crippen molar-refractivity contribution in [1.29, 1.82) is 0 Å². The van der Waals surface area contributed by atoms with E-state index in [1.165, 1.54) is 0 Å². The zero-order valence-electron chi connectivity index (χ0n) is 13.6. The first kappa shape index (κ1) is 16.5. The summed E-state index contributed by atoms with van der Waals surface area (Å²) in [6, 6.07) is 11.1. The Hall–Kier alpha value is -2.34. The van der Waals surface area contributed by atoms with Crippen LogP contribution in [0.2, 0.25) is 0 Å². The van der Waals surface area contributed by atoms with Crippen molar-refractivity contribution in [2.24, 2.45) is 5.92 Å². The second-order valence-corrected chi connectivity index (χ2v) is 7.08. The fourth-order valence-corrected chi connectivity index (χ4v) is 3.61. The van der Waals surface area contributed by atoms with Crippen molar-refractivity contribution >= 4 is 28.8 Å². The number of fused-ring (bicyclic) bond motifs is 1. The topological polar surface area (TPSA) is 67.4 Å². The highest BCUT2D eigenvalue weighted by Crippen LogP contribution is 2.30. The Kier molecular flexibility index (Phi) is 4.85. The first-order valence-corrected chi connectivity index (χ1v) is 8.82. The number of nitrogens with one attached hydrogen (secondary N) is 2. The van der Waals surface area contributed by atoms with E-state index in [9.17, 15) is 9.59 Å². The van der Waals surface area contributed by atoms with Gasteiger partial charge in [-0.3, -0.25) is 9.59 Å². The molecule has 1 aromatic heterocycles. The zero-order chi connectivity index (χ0) is 17.1. The summed E-state index contributed by atoms with van der Waals surface area (Å²) in [6.07, 6.45) is -0.814. The fraction of sp³-hybridized carbons (Fsp3) is 0.333. The number of carbonyl (C=O) groups is 2. The summed E-state index contributed by atoms with van der Waals surface area (Å²) in [4.78, 5) is 25.6. The molecule has 6 heteroatoms. The van der Waals surface area contributed by atoms with Crippen LogP contribution in [-0.4, -0.2) is 17.9 Å². The van der Waals surface area contributed by atoms with Crippen molar-refractivity contribution in [1.82, 2.24) is 5.32 Å². The van der Waals surface area contributed by atoms with Crippen molar-refractivity contribution in [3.8, 4) is 5.75 Å². The van der Waals surface area contributed by atoms with Gasteiger partial charge >= 0.3 is 0 Å². The summed E-state index contributed by atoms with van der Waals surface area (Å²) in [5.74, 6) is 0.366. The predicted molar refractivity (Wildman–Crippen MR) is 94.1 cm³/mol. The van der Waals surface area contributed by atoms with Gasteiger partial charge in [-0.2, -0.15) is 0 Å². The van der Waals surface area contributed by atoms with Gasteiger partial charge in [0.05, 0.1) is 18.2 Å². The molecule has 126 valence electrons. The van der Waals surface area contributed by atoms with Gasteiger partial charge in [-0.15, -0.1) is 11.3 Å². The third kappa shape index (κ3) is 3.59. The smallest absolute Gasteiger partial charge is 0.266 e. The van der Waals surface area contributed by atoms with Gasteiger partial charge in [-0.05, 0) is 29.5 Å². The van der Waals surface area contributed by atoms with Gasteiger partial charge in [0.1, 0.15) is 5.75 Å². The van der Waals surface area contributed by atoms with Crippen LogP contribution in [0.4, 0.5) is 5.69 Å². The first-order chi connectivity index (χ1) is 11.5. The van der Waals surface area contributed by atoms with Gasteiger partial charge in [0.25, 0.3) is 5.91 Å². The van der Waals surface area contributed by atoms with E-state index in [2.05, 4.69) is 24.5 Å². The number of thiophene rings is 1.